The Morgan fingerprint density at radius 1 is 1.76 bits per heavy atom. The molecule has 0 aliphatic heterocycles. The molecule has 1 aliphatic carbocycles. The van der Waals surface area contributed by atoms with E-state index in [4.69, 9.17) is 0 Å². The number of aliphatic hydroxyl groups excluding tert-OH is 1. The fourth-order valence-electron chi connectivity index (χ4n) is 2.47. The Hall–Kier alpha value is -1.36. The molecule has 2 rings (SSSR count). The largest absolute Gasteiger partial charge is 0.392 e. The maximum Gasteiger partial charge on any atom is 0.230 e. The molecule has 1 heterocycles. The predicted molar refractivity (Wildman–Crippen MR) is 63.6 cm³/mol. The minimum absolute atomic E-state index is 0.0771. The number of H-pyrrole nitrogens is 1. The monoisotopic (exact) mass is 237 g/mol. The molecule has 0 spiro atoms. The van der Waals surface area contributed by atoms with Gasteiger partial charge in [0.15, 0.2) is 0 Å². The zero-order valence-corrected chi connectivity index (χ0v) is 10.3. The maximum absolute atomic E-state index is 12.3. The van der Waals surface area contributed by atoms with Crippen molar-refractivity contribution in [1.82, 2.24) is 15.1 Å². The lowest BCUT2D eigenvalue weighted by molar-refractivity contribution is -0.133. The minimum atomic E-state index is -0.489. The molecule has 5 heteroatoms. The molecule has 0 bridgehead atoms. The van der Waals surface area contributed by atoms with Crippen molar-refractivity contribution < 1.29 is 9.90 Å². The van der Waals surface area contributed by atoms with Gasteiger partial charge in [-0.15, -0.1) is 0 Å². The summed E-state index contributed by atoms with van der Waals surface area (Å²) in [4.78, 5) is 13.9. The molecule has 0 saturated heterocycles. The first-order chi connectivity index (χ1) is 8.09. The summed E-state index contributed by atoms with van der Waals surface area (Å²) in [6.07, 6.45) is 4.12. The van der Waals surface area contributed by atoms with Crippen molar-refractivity contribution >= 4 is 5.91 Å². The first-order valence-corrected chi connectivity index (χ1v) is 6.04. The molecule has 1 aliphatic rings. The van der Waals surface area contributed by atoms with E-state index in [1.165, 1.54) is 0 Å². The fraction of sp³-hybridized carbons (Fsp3) is 0.667. The van der Waals surface area contributed by atoms with Gasteiger partial charge in [-0.25, -0.2) is 0 Å². The van der Waals surface area contributed by atoms with Crippen LogP contribution < -0.4 is 0 Å². The number of carbonyl (C=O) groups excluding carboxylic acids is 1. The van der Waals surface area contributed by atoms with Crippen molar-refractivity contribution in [3.05, 3.63) is 17.5 Å². The Bertz CT molecular complexity index is 400. The number of fused-ring (bicyclic) bond motifs is 1. The van der Waals surface area contributed by atoms with Crippen LogP contribution >= 0.6 is 0 Å². The van der Waals surface area contributed by atoms with Crippen LogP contribution in [0.5, 0.6) is 0 Å². The van der Waals surface area contributed by atoms with Crippen molar-refractivity contribution in [2.75, 3.05) is 13.6 Å². The van der Waals surface area contributed by atoms with E-state index in [0.717, 1.165) is 30.5 Å². The van der Waals surface area contributed by atoms with E-state index >= 15 is 0 Å². The number of aromatic amines is 1. The third kappa shape index (κ3) is 2.49. The van der Waals surface area contributed by atoms with Gasteiger partial charge in [0.05, 0.1) is 18.2 Å². The SMILES string of the molecule is CC(O)CN(C)C(=O)C1CCCc2[nH]ncc21. The van der Waals surface area contributed by atoms with Crippen molar-refractivity contribution in [3.63, 3.8) is 0 Å². The van der Waals surface area contributed by atoms with E-state index in [1.807, 2.05) is 0 Å². The quantitative estimate of drug-likeness (QED) is 0.811. The van der Waals surface area contributed by atoms with Crippen LogP contribution in [0.1, 0.15) is 36.9 Å². The van der Waals surface area contributed by atoms with Crippen LogP contribution in [0.25, 0.3) is 0 Å². The molecular weight excluding hydrogens is 218 g/mol. The lowest BCUT2D eigenvalue weighted by Gasteiger charge is -2.27. The van der Waals surface area contributed by atoms with Gasteiger partial charge in [0, 0.05) is 24.8 Å². The highest BCUT2D eigenvalue weighted by Gasteiger charge is 2.30. The summed E-state index contributed by atoms with van der Waals surface area (Å²) in [5.41, 5.74) is 2.11. The zero-order valence-electron chi connectivity index (χ0n) is 10.3. The molecule has 0 fully saturated rings. The number of aromatic nitrogens is 2. The van der Waals surface area contributed by atoms with E-state index in [1.54, 1.807) is 25.1 Å². The molecular formula is C12H19N3O2. The summed E-state index contributed by atoms with van der Waals surface area (Å²) in [5.74, 6) is -0.0190. The molecule has 1 amide bonds. The maximum atomic E-state index is 12.3. The first kappa shape index (κ1) is 12.1. The van der Waals surface area contributed by atoms with Crippen LogP contribution in [0.15, 0.2) is 6.20 Å². The normalized spacial score (nSPS) is 20.8. The Balaban J connectivity index is 2.11. The second-order valence-corrected chi connectivity index (χ2v) is 4.82. The van der Waals surface area contributed by atoms with Gasteiger partial charge >= 0.3 is 0 Å². The molecule has 2 unspecified atom stereocenters. The molecule has 0 aromatic carbocycles. The summed E-state index contributed by atoms with van der Waals surface area (Å²) in [6, 6.07) is 0. The highest BCUT2D eigenvalue weighted by Crippen LogP contribution is 2.31. The first-order valence-electron chi connectivity index (χ1n) is 6.04. The van der Waals surface area contributed by atoms with Gasteiger partial charge in [0.2, 0.25) is 5.91 Å². The van der Waals surface area contributed by atoms with E-state index in [0.29, 0.717) is 6.54 Å². The van der Waals surface area contributed by atoms with Gasteiger partial charge in [-0.05, 0) is 26.2 Å². The van der Waals surface area contributed by atoms with Crippen LogP contribution in [0.4, 0.5) is 0 Å². The van der Waals surface area contributed by atoms with Crippen molar-refractivity contribution in [3.8, 4) is 0 Å². The number of nitrogens with zero attached hydrogens (tertiary/aromatic N) is 2. The number of likely N-dealkylation sites (N-methyl/N-ethyl adjacent to an activating group) is 1. The lowest BCUT2D eigenvalue weighted by atomic mass is 9.86. The number of aryl methyl sites for hydroxylation is 1. The molecule has 5 nitrogen and oxygen atoms in total. The summed E-state index contributed by atoms with van der Waals surface area (Å²) in [5, 5.41) is 16.3. The molecule has 94 valence electrons. The molecule has 0 saturated carbocycles. The Kier molecular flexibility index (Phi) is 3.47. The van der Waals surface area contributed by atoms with Crippen LogP contribution in [0.2, 0.25) is 0 Å². The van der Waals surface area contributed by atoms with E-state index in [-0.39, 0.29) is 11.8 Å². The van der Waals surface area contributed by atoms with E-state index in [9.17, 15) is 9.90 Å². The number of hydrogen-bond acceptors (Lipinski definition) is 3. The summed E-state index contributed by atoms with van der Waals surface area (Å²) in [6.45, 7) is 2.07. The minimum Gasteiger partial charge on any atom is -0.392 e. The molecule has 1 aromatic rings. The highest BCUT2D eigenvalue weighted by molar-refractivity contribution is 5.84. The number of nitrogens with one attached hydrogen (secondary N) is 1. The Morgan fingerprint density at radius 2 is 2.53 bits per heavy atom. The summed E-state index contributed by atoms with van der Waals surface area (Å²) < 4.78 is 0. The second-order valence-electron chi connectivity index (χ2n) is 4.82. The third-order valence-electron chi connectivity index (χ3n) is 3.26. The Morgan fingerprint density at radius 3 is 3.24 bits per heavy atom. The van der Waals surface area contributed by atoms with Gasteiger partial charge in [0.25, 0.3) is 0 Å². The van der Waals surface area contributed by atoms with Gasteiger partial charge in [0.1, 0.15) is 0 Å². The van der Waals surface area contributed by atoms with Crippen molar-refractivity contribution in [1.29, 1.82) is 0 Å². The summed E-state index contributed by atoms with van der Waals surface area (Å²) in [7, 11) is 1.74. The number of rotatable bonds is 3. The fourth-order valence-corrected chi connectivity index (χ4v) is 2.47. The highest BCUT2D eigenvalue weighted by atomic mass is 16.3. The van der Waals surface area contributed by atoms with Crippen LogP contribution in [-0.4, -0.2) is 45.8 Å². The predicted octanol–water partition coefficient (Wildman–Crippen LogP) is 0.669. The smallest absolute Gasteiger partial charge is 0.230 e. The molecule has 1 aromatic heterocycles. The van der Waals surface area contributed by atoms with Crippen LogP contribution in [0.3, 0.4) is 0 Å². The zero-order chi connectivity index (χ0) is 12.4. The molecule has 2 atom stereocenters. The Labute approximate surface area is 101 Å². The van der Waals surface area contributed by atoms with Gasteiger partial charge in [-0.3, -0.25) is 9.89 Å². The number of carbonyl (C=O) groups is 1. The lowest BCUT2D eigenvalue weighted by Crippen LogP contribution is -2.37. The average molecular weight is 237 g/mol. The van der Waals surface area contributed by atoms with E-state index < -0.39 is 6.10 Å². The van der Waals surface area contributed by atoms with Gasteiger partial charge in [-0.2, -0.15) is 5.10 Å². The van der Waals surface area contributed by atoms with Gasteiger partial charge < -0.3 is 10.0 Å². The average Bonchev–Trinajstić information content (AvgIpc) is 2.74. The molecule has 17 heavy (non-hydrogen) atoms. The van der Waals surface area contributed by atoms with Gasteiger partial charge in [-0.1, -0.05) is 0 Å². The second kappa shape index (κ2) is 4.87. The van der Waals surface area contributed by atoms with Crippen molar-refractivity contribution in [2.45, 2.75) is 38.2 Å². The third-order valence-corrected chi connectivity index (χ3v) is 3.26. The number of amides is 1. The van der Waals surface area contributed by atoms with Crippen LogP contribution in [-0.2, 0) is 11.2 Å². The molecule has 2 N–H and O–H groups in total. The standard InChI is InChI=1S/C12H19N3O2/c1-8(16)7-15(2)12(17)9-4-3-5-11-10(9)6-13-14-11/h6,8-9,16H,3-5,7H2,1-2H3,(H,13,14). The number of aliphatic hydroxyl groups is 1. The van der Waals surface area contributed by atoms with Crippen molar-refractivity contribution in [2.24, 2.45) is 0 Å². The topological polar surface area (TPSA) is 69.2 Å². The van der Waals surface area contributed by atoms with Crippen LogP contribution in [0, 0.1) is 0 Å². The summed E-state index contributed by atoms with van der Waals surface area (Å²) >= 11 is 0. The molecule has 0 radical (unpaired) electrons. The number of hydrogen-bond donors (Lipinski definition) is 2. The van der Waals surface area contributed by atoms with E-state index in [2.05, 4.69) is 10.2 Å².